The van der Waals surface area contributed by atoms with Crippen LogP contribution in [0.2, 0.25) is 0 Å². The molecule has 0 unspecified atom stereocenters. The fraction of sp³-hybridized carbons (Fsp3) is 0.235. The van der Waals surface area contributed by atoms with Crippen molar-refractivity contribution in [2.75, 3.05) is 29.1 Å². The minimum atomic E-state index is -4.90. The topological polar surface area (TPSA) is 103 Å². The number of nitrogens with one attached hydrogen (secondary N) is 3. The molecule has 0 aromatic heterocycles. The van der Waals surface area contributed by atoms with Gasteiger partial charge in [0.15, 0.2) is 0 Å². The zero-order valence-electron chi connectivity index (χ0n) is 14.3. The highest BCUT2D eigenvalue weighted by Gasteiger charge is 2.31. The van der Waals surface area contributed by atoms with Crippen molar-refractivity contribution in [2.24, 2.45) is 0 Å². The summed E-state index contributed by atoms with van der Waals surface area (Å²) < 4.78 is 42.1. The van der Waals surface area contributed by atoms with Crippen molar-refractivity contribution in [2.45, 2.75) is 13.0 Å². The maximum atomic E-state index is 12.5. The molecule has 5 N–H and O–H groups in total. The van der Waals surface area contributed by atoms with Crippen molar-refractivity contribution < 1.29 is 32.9 Å². The fourth-order valence-corrected chi connectivity index (χ4v) is 2.61. The number of aliphatic hydroxyl groups excluding tert-OH is 2. The van der Waals surface area contributed by atoms with Gasteiger partial charge in [0.2, 0.25) is 0 Å². The zero-order chi connectivity index (χ0) is 20.7. The van der Waals surface area contributed by atoms with E-state index < -0.39 is 18.1 Å². The summed E-state index contributed by atoms with van der Waals surface area (Å²) in [5, 5.41) is 25.8. The van der Waals surface area contributed by atoms with Crippen LogP contribution in [0.1, 0.15) is 5.56 Å². The normalized spacial score (nSPS) is 11.1. The van der Waals surface area contributed by atoms with Gasteiger partial charge in [0.05, 0.1) is 13.2 Å². The quantitative estimate of drug-likeness (QED) is 0.428. The lowest BCUT2D eigenvalue weighted by molar-refractivity contribution is -0.274. The molecule has 2 aromatic rings. The molecule has 0 aliphatic rings. The Hall–Kier alpha value is -2.50. The van der Waals surface area contributed by atoms with E-state index in [-0.39, 0.29) is 31.1 Å². The van der Waals surface area contributed by atoms with Crippen molar-refractivity contribution in [1.82, 2.24) is 0 Å². The van der Waals surface area contributed by atoms with Gasteiger partial charge in [-0.15, -0.1) is 13.2 Å². The van der Waals surface area contributed by atoms with Crippen LogP contribution in [0, 0.1) is 0 Å². The number of amides is 2. The summed E-state index contributed by atoms with van der Waals surface area (Å²) >= 11 is 3.25. The molecule has 2 aromatic carbocycles. The van der Waals surface area contributed by atoms with E-state index in [2.05, 4.69) is 36.6 Å². The Balaban J connectivity index is 2.20. The highest BCUT2D eigenvalue weighted by Crippen LogP contribution is 2.29. The molecular weight excluding hydrogens is 447 g/mol. The van der Waals surface area contributed by atoms with Crippen LogP contribution in [0.5, 0.6) is 5.75 Å². The Morgan fingerprint density at radius 2 is 1.79 bits per heavy atom. The Morgan fingerprint density at radius 1 is 1.07 bits per heavy atom. The van der Waals surface area contributed by atoms with E-state index in [9.17, 15) is 23.1 Å². The Morgan fingerprint density at radius 3 is 2.43 bits per heavy atom. The third-order valence-corrected chi connectivity index (χ3v) is 3.82. The number of halogens is 4. The van der Waals surface area contributed by atoms with E-state index in [1.54, 1.807) is 18.2 Å². The number of carbonyl (C=O) groups is 1. The molecule has 2 rings (SSSR count). The molecule has 0 aliphatic heterocycles. The largest absolute Gasteiger partial charge is 0.573 e. The summed E-state index contributed by atoms with van der Waals surface area (Å²) in [6.45, 7) is -0.452. The summed E-state index contributed by atoms with van der Waals surface area (Å²) in [5.41, 5.74) is 1.03. The van der Waals surface area contributed by atoms with E-state index in [4.69, 9.17) is 5.11 Å². The number of hydrogen-bond donors (Lipinski definition) is 5. The van der Waals surface area contributed by atoms with Gasteiger partial charge in [-0.05, 0) is 18.2 Å². The standard InChI is InChI=1S/C17H17BrF3N3O4/c18-11-2-1-10(9-26)15(5-11)24-16(27)23-13-6-12(22-3-4-25)7-14(8-13)28-17(19,20)21/h1-2,5-8,22,25-26H,3-4,9H2,(H2,23,24,27). The molecule has 0 heterocycles. The predicted octanol–water partition coefficient (Wildman–Crippen LogP) is 3.89. The molecule has 0 saturated carbocycles. The number of benzene rings is 2. The van der Waals surface area contributed by atoms with Crippen LogP contribution in [0.4, 0.5) is 35.0 Å². The Labute approximate surface area is 166 Å². The first kappa shape index (κ1) is 21.8. The number of anilines is 3. The minimum absolute atomic E-state index is 0.0280. The maximum Gasteiger partial charge on any atom is 0.573 e. The van der Waals surface area contributed by atoms with Gasteiger partial charge in [0.25, 0.3) is 0 Å². The first-order chi connectivity index (χ1) is 13.2. The highest BCUT2D eigenvalue weighted by atomic mass is 79.9. The summed E-state index contributed by atoms with van der Waals surface area (Å²) in [7, 11) is 0. The lowest BCUT2D eigenvalue weighted by Gasteiger charge is -2.15. The van der Waals surface area contributed by atoms with Gasteiger partial charge in [-0.3, -0.25) is 0 Å². The SMILES string of the molecule is O=C(Nc1cc(NCCO)cc(OC(F)(F)F)c1)Nc1cc(Br)ccc1CO. The molecule has 0 fully saturated rings. The number of carbonyl (C=O) groups excluding carboxylic acids is 1. The van der Waals surface area contributed by atoms with Crippen molar-refractivity contribution >= 4 is 39.0 Å². The third kappa shape index (κ3) is 6.91. The van der Waals surface area contributed by atoms with E-state index >= 15 is 0 Å². The van der Waals surface area contributed by atoms with Crippen LogP contribution in [0.15, 0.2) is 40.9 Å². The molecule has 11 heteroatoms. The second kappa shape index (κ2) is 9.62. The molecule has 7 nitrogen and oxygen atoms in total. The van der Waals surface area contributed by atoms with Crippen LogP contribution in [-0.4, -0.2) is 35.8 Å². The second-order valence-electron chi connectivity index (χ2n) is 5.48. The number of aliphatic hydroxyl groups is 2. The zero-order valence-corrected chi connectivity index (χ0v) is 15.9. The molecule has 0 bridgehead atoms. The van der Waals surface area contributed by atoms with Gasteiger partial charge >= 0.3 is 12.4 Å². The number of urea groups is 1. The molecule has 0 saturated heterocycles. The van der Waals surface area contributed by atoms with Gasteiger partial charge < -0.3 is 30.9 Å². The fourth-order valence-electron chi connectivity index (χ4n) is 2.25. The summed E-state index contributed by atoms with van der Waals surface area (Å²) in [4.78, 5) is 12.2. The Bertz CT molecular complexity index is 834. The smallest absolute Gasteiger partial charge is 0.406 e. The Kier molecular flexibility index (Phi) is 7.49. The van der Waals surface area contributed by atoms with Crippen LogP contribution in [0.3, 0.4) is 0 Å². The van der Waals surface area contributed by atoms with E-state index in [0.29, 0.717) is 15.7 Å². The maximum absolute atomic E-state index is 12.5. The first-order valence-corrected chi connectivity index (χ1v) is 8.72. The van der Waals surface area contributed by atoms with E-state index in [1.165, 1.54) is 6.07 Å². The van der Waals surface area contributed by atoms with Crippen molar-refractivity contribution in [3.63, 3.8) is 0 Å². The van der Waals surface area contributed by atoms with E-state index in [1.807, 2.05) is 0 Å². The highest BCUT2D eigenvalue weighted by molar-refractivity contribution is 9.10. The van der Waals surface area contributed by atoms with Crippen LogP contribution in [-0.2, 0) is 6.61 Å². The van der Waals surface area contributed by atoms with Gasteiger partial charge in [-0.1, -0.05) is 22.0 Å². The van der Waals surface area contributed by atoms with E-state index in [0.717, 1.165) is 12.1 Å². The number of rotatable bonds is 7. The van der Waals surface area contributed by atoms with Crippen LogP contribution in [0.25, 0.3) is 0 Å². The van der Waals surface area contributed by atoms with Crippen molar-refractivity contribution in [1.29, 1.82) is 0 Å². The molecule has 152 valence electrons. The van der Waals surface area contributed by atoms with Crippen molar-refractivity contribution in [3.8, 4) is 5.75 Å². The lowest BCUT2D eigenvalue weighted by atomic mass is 10.2. The summed E-state index contributed by atoms with van der Waals surface area (Å²) in [5.74, 6) is -0.538. The molecule has 0 radical (unpaired) electrons. The predicted molar refractivity (Wildman–Crippen MR) is 101 cm³/mol. The molecule has 2 amide bonds. The average Bonchev–Trinajstić information content (AvgIpc) is 2.58. The first-order valence-electron chi connectivity index (χ1n) is 7.93. The van der Waals surface area contributed by atoms with Gasteiger partial charge in [0.1, 0.15) is 5.75 Å². The third-order valence-electron chi connectivity index (χ3n) is 3.33. The van der Waals surface area contributed by atoms with Crippen LogP contribution >= 0.6 is 15.9 Å². The lowest BCUT2D eigenvalue weighted by Crippen LogP contribution is -2.21. The van der Waals surface area contributed by atoms with Crippen LogP contribution < -0.4 is 20.7 Å². The molecule has 0 spiro atoms. The summed E-state index contributed by atoms with van der Waals surface area (Å²) in [6.07, 6.45) is -4.90. The molecule has 0 aliphatic carbocycles. The van der Waals surface area contributed by atoms with Gasteiger partial charge in [-0.2, -0.15) is 0 Å². The molecule has 28 heavy (non-hydrogen) atoms. The molecular formula is C17H17BrF3N3O4. The second-order valence-corrected chi connectivity index (χ2v) is 6.40. The molecule has 0 atom stereocenters. The number of hydrogen-bond acceptors (Lipinski definition) is 5. The number of alkyl halides is 3. The minimum Gasteiger partial charge on any atom is -0.406 e. The average molecular weight is 464 g/mol. The van der Waals surface area contributed by atoms with Crippen molar-refractivity contribution in [3.05, 3.63) is 46.4 Å². The monoisotopic (exact) mass is 463 g/mol. The number of ether oxygens (including phenoxy) is 1. The summed E-state index contributed by atoms with van der Waals surface area (Å²) in [6, 6.07) is 7.61. The van der Waals surface area contributed by atoms with Gasteiger partial charge in [-0.25, -0.2) is 4.79 Å². The van der Waals surface area contributed by atoms with Gasteiger partial charge in [0, 0.05) is 45.8 Å².